The molecule has 0 spiro atoms. The van der Waals surface area contributed by atoms with Crippen LogP contribution < -0.4 is 10.6 Å². The third-order valence-corrected chi connectivity index (χ3v) is 4.57. The number of nitrogens with zero attached hydrogens (tertiary/aromatic N) is 3. The van der Waals surface area contributed by atoms with Gasteiger partial charge >= 0.3 is 0 Å². The van der Waals surface area contributed by atoms with Gasteiger partial charge in [0.1, 0.15) is 5.82 Å². The first kappa shape index (κ1) is 20.7. The largest absolute Gasteiger partial charge is 0.352 e. The summed E-state index contributed by atoms with van der Waals surface area (Å²) in [5.74, 6) is -1.53. The molecule has 2 aromatic carbocycles. The number of amides is 1. The van der Waals surface area contributed by atoms with Crippen molar-refractivity contribution in [3.8, 4) is 6.07 Å². The SMILES string of the molecule is CC(C)c1c(C#N)ccc(F)c1C(=O)Nc1ccc(C=N)c(Nc2cnn(C)c2)c1. The van der Waals surface area contributed by atoms with E-state index in [2.05, 4.69) is 15.7 Å². The van der Waals surface area contributed by atoms with Crippen molar-refractivity contribution >= 4 is 29.2 Å². The van der Waals surface area contributed by atoms with Crippen molar-refractivity contribution in [2.45, 2.75) is 19.8 Å². The van der Waals surface area contributed by atoms with E-state index in [4.69, 9.17) is 5.41 Å². The lowest BCUT2D eigenvalue weighted by Crippen LogP contribution is -2.18. The highest BCUT2D eigenvalue weighted by Crippen LogP contribution is 2.28. The van der Waals surface area contributed by atoms with Crippen molar-refractivity contribution in [3.05, 3.63) is 70.8 Å². The van der Waals surface area contributed by atoms with Crippen LogP contribution in [0.2, 0.25) is 0 Å². The Bertz CT molecular complexity index is 1160. The molecule has 1 aromatic heterocycles. The predicted octanol–water partition coefficient (Wildman–Crippen LogP) is 4.55. The van der Waals surface area contributed by atoms with E-state index >= 15 is 0 Å². The quantitative estimate of drug-likeness (QED) is 0.524. The van der Waals surface area contributed by atoms with Gasteiger partial charge in [-0.15, -0.1) is 0 Å². The fourth-order valence-corrected chi connectivity index (χ4v) is 3.22. The van der Waals surface area contributed by atoms with Crippen molar-refractivity contribution in [1.29, 1.82) is 10.7 Å². The van der Waals surface area contributed by atoms with Crippen LogP contribution in [0.5, 0.6) is 0 Å². The van der Waals surface area contributed by atoms with Gasteiger partial charge in [0.2, 0.25) is 0 Å². The fraction of sp³-hybridized carbons (Fsp3) is 0.182. The molecule has 8 heteroatoms. The zero-order valence-corrected chi connectivity index (χ0v) is 16.8. The lowest BCUT2D eigenvalue weighted by atomic mass is 9.91. The average molecular weight is 404 g/mol. The number of anilines is 3. The van der Waals surface area contributed by atoms with E-state index in [1.165, 1.54) is 12.3 Å². The molecule has 0 aliphatic rings. The van der Waals surface area contributed by atoms with Crippen molar-refractivity contribution in [2.75, 3.05) is 10.6 Å². The fourth-order valence-electron chi connectivity index (χ4n) is 3.22. The zero-order chi connectivity index (χ0) is 21.8. The molecule has 3 N–H and O–H groups in total. The highest BCUT2D eigenvalue weighted by Gasteiger charge is 2.22. The molecule has 0 bridgehead atoms. The van der Waals surface area contributed by atoms with E-state index in [-0.39, 0.29) is 17.0 Å². The first-order chi connectivity index (χ1) is 14.3. The van der Waals surface area contributed by atoms with Crippen LogP contribution in [-0.2, 0) is 7.05 Å². The minimum Gasteiger partial charge on any atom is -0.352 e. The summed E-state index contributed by atoms with van der Waals surface area (Å²) in [7, 11) is 1.79. The first-order valence-corrected chi connectivity index (χ1v) is 9.28. The molecule has 0 radical (unpaired) electrons. The highest BCUT2D eigenvalue weighted by molar-refractivity contribution is 6.06. The van der Waals surface area contributed by atoms with Crippen molar-refractivity contribution in [3.63, 3.8) is 0 Å². The Hall–Kier alpha value is -3.99. The van der Waals surface area contributed by atoms with Crippen molar-refractivity contribution in [1.82, 2.24) is 9.78 Å². The second-order valence-corrected chi connectivity index (χ2v) is 7.08. The number of aromatic nitrogens is 2. The molecule has 0 aliphatic heterocycles. The molecule has 0 saturated carbocycles. The minimum absolute atomic E-state index is 0.137. The van der Waals surface area contributed by atoms with Crippen LogP contribution in [0.15, 0.2) is 42.7 Å². The van der Waals surface area contributed by atoms with Crippen molar-refractivity contribution in [2.24, 2.45) is 7.05 Å². The summed E-state index contributed by atoms with van der Waals surface area (Å²) in [6, 6.07) is 9.51. The van der Waals surface area contributed by atoms with Crippen LogP contribution >= 0.6 is 0 Å². The second-order valence-electron chi connectivity index (χ2n) is 7.08. The monoisotopic (exact) mass is 404 g/mol. The number of nitriles is 1. The highest BCUT2D eigenvalue weighted by atomic mass is 19.1. The van der Waals surface area contributed by atoms with Gasteiger partial charge in [-0.2, -0.15) is 10.4 Å². The van der Waals surface area contributed by atoms with Gasteiger partial charge in [-0.25, -0.2) is 4.39 Å². The molecule has 152 valence electrons. The Morgan fingerprint density at radius 2 is 2.07 bits per heavy atom. The van der Waals surface area contributed by atoms with Gasteiger partial charge in [-0.05, 0) is 41.8 Å². The minimum atomic E-state index is -0.681. The van der Waals surface area contributed by atoms with Gasteiger partial charge in [-0.3, -0.25) is 9.48 Å². The van der Waals surface area contributed by atoms with Gasteiger partial charge in [-0.1, -0.05) is 13.8 Å². The Labute approximate surface area is 173 Å². The number of aryl methyl sites for hydroxylation is 1. The van der Waals surface area contributed by atoms with E-state index < -0.39 is 11.7 Å². The van der Waals surface area contributed by atoms with Crippen LogP contribution in [0.25, 0.3) is 0 Å². The first-order valence-electron chi connectivity index (χ1n) is 9.28. The molecule has 1 heterocycles. The number of hydrogen-bond donors (Lipinski definition) is 3. The third-order valence-electron chi connectivity index (χ3n) is 4.57. The van der Waals surface area contributed by atoms with Gasteiger partial charge < -0.3 is 16.0 Å². The van der Waals surface area contributed by atoms with Crippen molar-refractivity contribution < 1.29 is 9.18 Å². The topological polar surface area (TPSA) is 107 Å². The standard InChI is InChI=1S/C22H21FN6O/c1-13(2)20-15(10-25)5-7-18(23)21(20)22(30)28-16-6-4-14(9-24)19(8-16)27-17-11-26-29(3)12-17/h4-9,11-13,24,27H,1-3H3,(H,28,30). The maximum atomic E-state index is 14.5. The molecule has 7 nitrogen and oxygen atoms in total. The van der Waals surface area contributed by atoms with E-state index in [1.54, 1.807) is 56.2 Å². The smallest absolute Gasteiger partial charge is 0.258 e. The van der Waals surface area contributed by atoms with E-state index in [9.17, 15) is 14.4 Å². The summed E-state index contributed by atoms with van der Waals surface area (Å²) in [4.78, 5) is 12.9. The molecule has 0 fully saturated rings. The van der Waals surface area contributed by atoms with Crippen LogP contribution in [0.1, 0.15) is 46.8 Å². The number of halogens is 1. The summed E-state index contributed by atoms with van der Waals surface area (Å²) in [6.07, 6.45) is 4.60. The normalized spacial score (nSPS) is 10.5. The molecule has 3 aromatic rings. The lowest BCUT2D eigenvalue weighted by molar-refractivity contribution is 0.102. The number of benzene rings is 2. The molecule has 0 aliphatic carbocycles. The molecule has 0 saturated heterocycles. The molecule has 3 rings (SSSR count). The van der Waals surface area contributed by atoms with E-state index in [0.29, 0.717) is 22.5 Å². The number of carbonyl (C=O) groups is 1. The van der Waals surface area contributed by atoms with Gasteiger partial charge in [0, 0.05) is 36.4 Å². The maximum absolute atomic E-state index is 14.5. The molecular formula is C22H21FN6O. The van der Waals surface area contributed by atoms with Gasteiger partial charge in [0.25, 0.3) is 5.91 Å². The second kappa shape index (κ2) is 8.57. The Kier molecular flexibility index (Phi) is 5.93. The van der Waals surface area contributed by atoms with E-state index in [0.717, 1.165) is 11.8 Å². The number of rotatable bonds is 6. The number of hydrogen-bond acceptors (Lipinski definition) is 5. The van der Waals surface area contributed by atoms with Crippen LogP contribution in [0.4, 0.5) is 21.5 Å². The Balaban J connectivity index is 1.95. The van der Waals surface area contributed by atoms with Gasteiger partial charge in [0.15, 0.2) is 0 Å². The van der Waals surface area contributed by atoms with Gasteiger partial charge in [0.05, 0.1) is 29.1 Å². The average Bonchev–Trinajstić information content (AvgIpc) is 3.12. The maximum Gasteiger partial charge on any atom is 0.258 e. The molecule has 30 heavy (non-hydrogen) atoms. The molecule has 0 atom stereocenters. The summed E-state index contributed by atoms with van der Waals surface area (Å²) in [5.41, 5.74) is 2.85. The predicted molar refractivity (Wildman–Crippen MR) is 114 cm³/mol. The Morgan fingerprint density at radius 1 is 1.30 bits per heavy atom. The summed E-state index contributed by atoms with van der Waals surface area (Å²) >= 11 is 0. The zero-order valence-electron chi connectivity index (χ0n) is 16.8. The summed E-state index contributed by atoms with van der Waals surface area (Å²) in [6.45, 7) is 3.61. The Morgan fingerprint density at radius 3 is 2.67 bits per heavy atom. The summed E-state index contributed by atoms with van der Waals surface area (Å²) < 4.78 is 16.2. The molecule has 1 amide bonds. The molecular weight excluding hydrogens is 383 g/mol. The van der Waals surface area contributed by atoms with E-state index in [1.807, 2.05) is 6.07 Å². The van der Waals surface area contributed by atoms with Crippen LogP contribution in [0.3, 0.4) is 0 Å². The third kappa shape index (κ3) is 4.20. The number of carbonyl (C=O) groups excluding carboxylic acids is 1. The number of nitrogens with one attached hydrogen (secondary N) is 3. The molecule has 0 unspecified atom stereocenters. The van der Waals surface area contributed by atoms with Crippen LogP contribution in [-0.4, -0.2) is 21.9 Å². The van der Waals surface area contributed by atoms with Crippen LogP contribution in [0, 0.1) is 22.6 Å². The summed E-state index contributed by atoms with van der Waals surface area (Å²) in [5, 5.41) is 26.9. The lowest BCUT2D eigenvalue weighted by Gasteiger charge is -2.16.